The second-order valence-electron chi connectivity index (χ2n) is 8.90. The third-order valence-electron chi connectivity index (χ3n) is 6.36. The van der Waals surface area contributed by atoms with Crippen molar-refractivity contribution in [2.75, 3.05) is 13.2 Å². The molecule has 3 aromatic rings. The van der Waals surface area contributed by atoms with E-state index in [0.717, 1.165) is 44.7 Å². The van der Waals surface area contributed by atoms with Gasteiger partial charge in [-0.05, 0) is 37.6 Å². The molecule has 0 unspecified atom stereocenters. The first-order valence-corrected chi connectivity index (χ1v) is 11.8. The number of amides is 4. The Morgan fingerprint density at radius 1 is 1.23 bits per heavy atom. The smallest absolute Gasteiger partial charge is 0.325 e. The largest absolute Gasteiger partial charge is 0.494 e. The summed E-state index contributed by atoms with van der Waals surface area (Å²) in [7, 11) is 0. The number of fused-ring (bicyclic) bond motifs is 2. The normalized spacial score (nSPS) is 19.0. The number of ether oxygens (including phenoxy) is 2. The Morgan fingerprint density at radius 3 is 2.89 bits per heavy atom. The maximum atomic E-state index is 12.9. The molecule has 2 aromatic carbocycles. The highest BCUT2D eigenvalue weighted by Crippen LogP contribution is 2.35. The van der Waals surface area contributed by atoms with E-state index >= 15 is 0 Å². The second kappa shape index (κ2) is 9.32. The molecule has 0 radical (unpaired) electrons. The number of carbonyl (C=O) groups is 3. The average molecular weight is 477 g/mol. The van der Waals surface area contributed by atoms with E-state index < -0.39 is 23.9 Å². The number of hydrogen-bond acceptors (Lipinski definition) is 5. The summed E-state index contributed by atoms with van der Waals surface area (Å²) in [6.07, 6.45) is 3.10. The van der Waals surface area contributed by atoms with Gasteiger partial charge in [0.05, 0.1) is 6.61 Å². The van der Waals surface area contributed by atoms with Crippen LogP contribution in [0.15, 0.2) is 42.6 Å². The summed E-state index contributed by atoms with van der Waals surface area (Å²) >= 11 is 0. The molecule has 3 N–H and O–H groups in total. The molecular formula is C26H28N4O5. The topological polar surface area (TPSA) is 113 Å². The number of aromatic amines is 1. The van der Waals surface area contributed by atoms with E-state index in [1.54, 1.807) is 0 Å². The molecule has 3 heterocycles. The van der Waals surface area contributed by atoms with Gasteiger partial charge in [-0.2, -0.15) is 0 Å². The van der Waals surface area contributed by atoms with Gasteiger partial charge >= 0.3 is 6.03 Å². The Labute approximate surface area is 202 Å². The highest BCUT2D eigenvalue weighted by molar-refractivity contribution is 6.06. The van der Waals surface area contributed by atoms with Crippen LogP contribution in [0.4, 0.5) is 4.79 Å². The number of nitrogens with one attached hydrogen (secondary N) is 3. The van der Waals surface area contributed by atoms with Crippen LogP contribution in [0.5, 0.6) is 11.5 Å². The number of imide groups is 1. The molecule has 2 atom stereocenters. The minimum atomic E-state index is -0.713. The van der Waals surface area contributed by atoms with Gasteiger partial charge in [0, 0.05) is 47.6 Å². The number of urea groups is 1. The van der Waals surface area contributed by atoms with Gasteiger partial charge in [-0.25, -0.2) is 4.79 Å². The van der Waals surface area contributed by atoms with Crippen molar-refractivity contribution >= 4 is 28.7 Å². The molecule has 0 aliphatic carbocycles. The molecule has 0 spiro atoms. The summed E-state index contributed by atoms with van der Waals surface area (Å²) in [6, 6.07) is 10.3. The molecule has 1 saturated heterocycles. The lowest BCUT2D eigenvalue weighted by Crippen LogP contribution is -2.41. The Hall–Kier alpha value is -4.01. The van der Waals surface area contributed by atoms with Gasteiger partial charge in [0.25, 0.3) is 5.91 Å². The van der Waals surface area contributed by atoms with Crippen molar-refractivity contribution in [1.29, 1.82) is 0 Å². The van der Waals surface area contributed by atoms with Gasteiger partial charge in [-0.3, -0.25) is 14.5 Å². The molecule has 1 fully saturated rings. The van der Waals surface area contributed by atoms with Gasteiger partial charge in [0.2, 0.25) is 5.91 Å². The Kier molecular flexibility index (Phi) is 6.07. The van der Waals surface area contributed by atoms with Crippen LogP contribution in [-0.4, -0.2) is 53.0 Å². The zero-order valence-corrected chi connectivity index (χ0v) is 19.7. The molecule has 182 valence electrons. The molecule has 35 heavy (non-hydrogen) atoms. The van der Waals surface area contributed by atoms with E-state index in [1.165, 1.54) is 0 Å². The van der Waals surface area contributed by atoms with Gasteiger partial charge in [0.15, 0.2) is 0 Å². The van der Waals surface area contributed by atoms with Crippen LogP contribution in [-0.2, 0) is 29.0 Å². The van der Waals surface area contributed by atoms with Crippen molar-refractivity contribution in [3.63, 3.8) is 0 Å². The molecule has 2 aliphatic heterocycles. The Balaban J connectivity index is 1.21. The molecule has 0 bridgehead atoms. The number of H-pyrrole nitrogens is 1. The molecule has 9 heteroatoms. The van der Waals surface area contributed by atoms with Gasteiger partial charge in [0.1, 0.15) is 30.2 Å². The summed E-state index contributed by atoms with van der Waals surface area (Å²) in [5.74, 6) is 0.640. The highest BCUT2D eigenvalue weighted by Gasteiger charge is 2.39. The lowest BCUT2D eigenvalue weighted by molar-refractivity contribution is -0.132. The Bertz CT molecular complexity index is 1300. The average Bonchev–Trinajstić information content (AvgIpc) is 3.49. The van der Waals surface area contributed by atoms with E-state index in [9.17, 15) is 14.4 Å². The summed E-state index contributed by atoms with van der Waals surface area (Å²) < 4.78 is 11.6. The summed E-state index contributed by atoms with van der Waals surface area (Å²) in [6.45, 7) is 4.25. The molecule has 5 rings (SSSR count). The van der Waals surface area contributed by atoms with Crippen molar-refractivity contribution < 1.29 is 23.9 Å². The molecule has 1 aromatic heterocycles. The van der Waals surface area contributed by atoms with Crippen LogP contribution in [0.1, 0.15) is 30.5 Å². The van der Waals surface area contributed by atoms with Crippen molar-refractivity contribution in [2.45, 2.75) is 45.4 Å². The third-order valence-corrected chi connectivity index (χ3v) is 6.36. The van der Waals surface area contributed by atoms with E-state index in [1.807, 2.05) is 56.4 Å². The van der Waals surface area contributed by atoms with Crippen molar-refractivity contribution in [3.05, 3.63) is 59.3 Å². The van der Waals surface area contributed by atoms with Crippen molar-refractivity contribution in [1.82, 2.24) is 20.5 Å². The van der Waals surface area contributed by atoms with E-state index in [0.29, 0.717) is 18.8 Å². The standard InChI is InChI=1S/C26H28N4O5/c1-3-34-22-10-16-8-15(2)35-23(16)11-18(22)13-28-24(31)14-30-25(32)21(29-26(30)33)9-17-12-27-20-7-5-4-6-19(17)20/h4-7,10-12,15,21,27H,3,8-9,13-14H2,1-2H3,(H,28,31)(H,29,33)/t15-,21-/m0/s1. The first-order chi connectivity index (χ1) is 16.9. The fraction of sp³-hybridized carbons (Fsp3) is 0.346. The lowest BCUT2D eigenvalue weighted by atomic mass is 10.1. The zero-order chi connectivity index (χ0) is 24.5. The number of benzene rings is 2. The van der Waals surface area contributed by atoms with Crippen LogP contribution >= 0.6 is 0 Å². The predicted molar refractivity (Wildman–Crippen MR) is 129 cm³/mol. The van der Waals surface area contributed by atoms with Crippen LogP contribution in [0.3, 0.4) is 0 Å². The van der Waals surface area contributed by atoms with Crippen LogP contribution in [0.2, 0.25) is 0 Å². The number of aromatic nitrogens is 1. The zero-order valence-electron chi connectivity index (χ0n) is 19.7. The van der Waals surface area contributed by atoms with Gasteiger partial charge < -0.3 is 25.1 Å². The van der Waals surface area contributed by atoms with E-state index in [4.69, 9.17) is 9.47 Å². The van der Waals surface area contributed by atoms with E-state index in [2.05, 4.69) is 15.6 Å². The Morgan fingerprint density at radius 2 is 2.06 bits per heavy atom. The number of para-hydroxylation sites is 1. The summed E-state index contributed by atoms with van der Waals surface area (Å²) in [5, 5.41) is 6.50. The maximum Gasteiger partial charge on any atom is 0.325 e. The highest BCUT2D eigenvalue weighted by atomic mass is 16.5. The quantitative estimate of drug-likeness (QED) is 0.433. The number of hydrogen-bond donors (Lipinski definition) is 3. The molecule has 4 amide bonds. The van der Waals surface area contributed by atoms with Crippen LogP contribution < -0.4 is 20.1 Å². The number of rotatable bonds is 8. The number of carbonyl (C=O) groups excluding carboxylic acids is 3. The molecular weight excluding hydrogens is 448 g/mol. The van der Waals surface area contributed by atoms with Crippen molar-refractivity contribution in [2.24, 2.45) is 0 Å². The fourth-order valence-corrected chi connectivity index (χ4v) is 4.69. The van der Waals surface area contributed by atoms with E-state index in [-0.39, 0.29) is 19.2 Å². The van der Waals surface area contributed by atoms with Gasteiger partial charge in [-0.15, -0.1) is 0 Å². The lowest BCUT2D eigenvalue weighted by Gasteiger charge is -2.15. The maximum absolute atomic E-state index is 12.9. The van der Waals surface area contributed by atoms with Gasteiger partial charge in [-0.1, -0.05) is 18.2 Å². The first kappa shape index (κ1) is 22.8. The summed E-state index contributed by atoms with van der Waals surface area (Å²) in [5.41, 5.74) is 3.76. The molecule has 9 nitrogen and oxygen atoms in total. The third kappa shape index (κ3) is 4.53. The predicted octanol–water partition coefficient (Wildman–Crippen LogP) is 2.67. The monoisotopic (exact) mass is 476 g/mol. The SMILES string of the molecule is CCOc1cc2c(cc1CNC(=O)CN1C(=O)N[C@@H](Cc3c[nH]c4ccccc34)C1=O)O[C@@H](C)C2. The first-order valence-electron chi connectivity index (χ1n) is 11.8. The molecule has 0 saturated carbocycles. The van der Waals surface area contributed by atoms with Crippen LogP contribution in [0.25, 0.3) is 10.9 Å². The molecule has 2 aliphatic rings. The minimum absolute atomic E-state index is 0.0983. The second-order valence-corrected chi connectivity index (χ2v) is 8.90. The fourth-order valence-electron chi connectivity index (χ4n) is 4.69. The number of nitrogens with zero attached hydrogens (tertiary/aromatic N) is 1. The van der Waals surface area contributed by atoms with Crippen LogP contribution in [0, 0.1) is 0 Å². The minimum Gasteiger partial charge on any atom is -0.494 e. The summed E-state index contributed by atoms with van der Waals surface area (Å²) in [4.78, 5) is 42.2. The van der Waals surface area contributed by atoms with Crippen molar-refractivity contribution in [3.8, 4) is 11.5 Å².